The van der Waals surface area contributed by atoms with Crippen molar-refractivity contribution in [2.75, 3.05) is 12.8 Å². The quantitative estimate of drug-likeness (QED) is 0.871. The van der Waals surface area contributed by atoms with Gasteiger partial charge in [-0.3, -0.25) is 0 Å². The maximum absolute atomic E-state index is 10.9. The van der Waals surface area contributed by atoms with Crippen LogP contribution in [0.3, 0.4) is 0 Å². The molecule has 0 spiro atoms. The fourth-order valence-corrected chi connectivity index (χ4v) is 2.12. The van der Waals surface area contributed by atoms with Crippen LogP contribution in [0.1, 0.15) is 11.7 Å². The second-order valence-electron chi connectivity index (χ2n) is 4.24. The summed E-state index contributed by atoms with van der Waals surface area (Å²) in [6.07, 6.45) is 1.77. The standard InChI is InChI=1S/C13H15NO4S/c1-19(16,17)14-9-12(15)10-4-6-11(7-5-10)13-3-2-8-18-13/h2-8,12,14-15H,9H2,1H3/t12-/m0/s1. The molecule has 5 nitrogen and oxygen atoms in total. The zero-order valence-electron chi connectivity index (χ0n) is 10.4. The number of hydrogen-bond donors (Lipinski definition) is 2. The van der Waals surface area contributed by atoms with Crippen molar-refractivity contribution in [2.45, 2.75) is 6.10 Å². The molecular weight excluding hydrogens is 266 g/mol. The van der Waals surface area contributed by atoms with Gasteiger partial charge in [0.25, 0.3) is 0 Å². The van der Waals surface area contributed by atoms with Gasteiger partial charge in [-0.05, 0) is 17.7 Å². The highest BCUT2D eigenvalue weighted by molar-refractivity contribution is 7.88. The third kappa shape index (κ3) is 3.92. The van der Waals surface area contributed by atoms with E-state index in [0.29, 0.717) is 5.56 Å². The van der Waals surface area contributed by atoms with Crippen molar-refractivity contribution in [3.63, 3.8) is 0 Å². The van der Waals surface area contributed by atoms with E-state index < -0.39 is 16.1 Å². The minimum absolute atomic E-state index is 0.0427. The van der Waals surface area contributed by atoms with Gasteiger partial charge in [0.2, 0.25) is 10.0 Å². The Balaban J connectivity index is 2.06. The Morgan fingerprint density at radius 3 is 2.47 bits per heavy atom. The van der Waals surface area contributed by atoms with Gasteiger partial charge < -0.3 is 9.52 Å². The molecule has 1 heterocycles. The summed E-state index contributed by atoms with van der Waals surface area (Å²) >= 11 is 0. The lowest BCUT2D eigenvalue weighted by Crippen LogP contribution is -2.27. The summed E-state index contributed by atoms with van der Waals surface area (Å²) in [4.78, 5) is 0. The maximum atomic E-state index is 10.9. The molecule has 0 aliphatic rings. The molecule has 1 aromatic carbocycles. The van der Waals surface area contributed by atoms with E-state index in [9.17, 15) is 13.5 Å². The lowest BCUT2D eigenvalue weighted by molar-refractivity contribution is 0.182. The summed E-state index contributed by atoms with van der Waals surface area (Å²) in [5.74, 6) is 0.746. The van der Waals surface area contributed by atoms with E-state index in [1.165, 1.54) is 0 Å². The molecule has 2 N–H and O–H groups in total. The average Bonchev–Trinajstić information content (AvgIpc) is 2.89. The third-order valence-corrected chi connectivity index (χ3v) is 3.33. The van der Waals surface area contributed by atoms with Gasteiger partial charge in [0.05, 0.1) is 18.6 Å². The predicted molar refractivity (Wildman–Crippen MR) is 72.0 cm³/mol. The first kappa shape index (κ1) is 13.8. The van der Waals surface area contributed by atoms with Crippen LogP contribution in [0.4, 0.5) is 0 Å². The smallest absolute Gasteiger partial charge is 0.208 e. The molecule has 2 aromatic rings. The van der Waals surface area contributed by atoms with Crippen molar-refractivity contribution in [1.82, 2.24) is 4.72 Å². The van der Waals surface area contributed by atoms with Crippen LogP contribution in [-0.2, 0) is 10.0 Å². The molecule has 19 heavy (non-hydrogen) atoms. The predicted octanol–water partition coefficient (Wildman–Crippen LogP) is 1.53. The van der Waals surface area contributed by atoms with Gasteiger partial charge in [-0.25, -0.2) is 13.1 Å². The molecule has 0 amide bonds. The number of hydrogen-bond acceptors (Lipinski definition) is 4. The molecule has 0 radical (unpaired) electrons. The Labute approximate surface area is 111 Å². The van der Waals surface area contributed by atoms with Gasteiger partial charge in [-0.15, -0.1) is 0 Å². The summed E-state index contributed by atoms with van der Waals surface area (Å²) in [6, 6.07) is 10.8. The Hall–Kier alpha value is -1.63. The van der Waals surface area contributed by atoms with Crippen molar-refractivity contribution < 1.29 is 17.9 Å². The van der Waals surface area contributed by atoms with Crippen LogP contribution in [0.5, 0.6) is 0 Å². The molecule has 0 fully saturated rings. The highest BCUT2D eigenvalue weighted by atomic mass is 32.2. The zero-order valence-corrected chi connectivity index (χ0v) is 11.2. The van der Waals surface area contributed by atoms with E-state index >= 15 is 0 Å². The molecule has 0 aliphatic heterocycles. The van der Waals surface area contributed by atoms with Crippen LogP contribution in [0, 0.1) is 0 Å². The number of aliphatic hydroxyl groups excluding tert-OH is 1. The molecule has 0 unspecified atom stereocenters. The molecule has 2 rings (SSSR count). The van der Waals surface area contributed by atoms with E-state index in [4.69, 9.17) is 4.42 Å². The number of aliphatic hydroxyl groups is 1. The first-order valence-electron chi connectivity index (χ1n) is 5.72. The van der Waals surface area contributed by atoms with Crippen LogP contribution >= 0.6 is 0 Å². The number of benzene rings is 1. The Kier molecular flexibility index (Phi) is 4.04. The number of rotatable bonds is 5. The molecule has 1 atom stereocenters. The summed E-state index contributed by atoms with van der Waals surface area (Å²) in [6.45, 7) is -0.0427. The van der Waals surface area contributed by atoms with E-state index in [0.717, 1.165) is 17.6 Å². The molecular formula is C13H15NO4S. The highest BCUT2D eigenvalue weighted by Gasteiger charge is 2.10. The van der Waals surface area contributed by atoms with Crippen LogP contribution in [0.25, 0.3) is 11.3 Å². The van der Waals surface area contributed by atoms with Crippen molar-refractivity contribution in [1.29, 1.82) is 0 Å². The number of nitrogens with one attached hydrogen (secondary N) is 1. The van der Waals surface area contributed by atoms with E-state index in [-0.39, 0.29) is 6.54 Å². The Bertz CT molecular complexity index is 617. The van der Waals surface area contributed by atoms with Gasteiger partial charge in [0.1, 0.15) is 5.76 Å². The molecule has 1 aromatic heterocycles. The minimum atomic E-state index is -3.30. The highest BCUT2D eigenvalue weighted by Crippen LogP contribution is 2.22. The van der Waals surface area contributed by atoms with Crippen molar-refractivity contribution in [3.05, 3.63) is 48.2 Å². The SMILES string of the molecule is CS(=O)(=O)NC[C@H](O)c1ccc(-c2ccco2)cc1. The lowest BCUT2D eigenvalue weighted by atomic mass is 10.1. The Morgan fingerprint density at radius 1 is 1.26 bits per heavy atom. The van der Waals surface area contributed by atoms with E-state index in [1.807, 2.05) is 18.2 Å². The summed E-state index contributed by atoms with van der Waals surface area (Å²) < 4.78 is 29.4. The first-order chi connectivity index (χ1) is 8.96. The largest absolute Gasteiger partial charge is 0.464 e. The molecule has 6 heteroatoms. The normalized spacial score (nSPS) is 13.4. The van der Waals surface area contributed by atoms with Gasteiger partial charge in [0, 0.05) is 12.1 Å². The average molecular weight is 281 g/mol. The van der Waals surface area contributed by atoms with E-state index in [2.05, 4.69) is 4.72 Å². The fraction of sp³-hybridized carbons (Fsp3) is 0.231. The summed E-state index contributed by atoms with van der Waals surface area (Å²) in [7, 11) is -3.30. The minimum Gasteiger partial charge on any atom is -0.464 e. The molecule has 0 saturated carbocycles. The molecule has 102 valence electrons. The Morgan fingerprint density at radius 2 is 1.95 bits per heavy atom. The van der Waals surface area contributed by atoms with Crippen LogP contribution in [0.2, 0.25) is 0 Å². The van der Waals surface area contributed by atoms with Crippen molar-refractivity contribution in [2.24, 2.45) is 0 Å². The zero-order chi connectivity index (χ0) is 13.9. The third-order valence-electron chi connectivity index (χ3n) is 2.64. The molecule has 0 saturated heterocycles. The number of sulfonamides is 1. The second-order valence-corrected chi connectivity index (χ2v) is 6.07. The van der Waals surface area contributed by atoms with Gasteiger partial charge in [-0.2, -0.15) is 0 Å². The topological polar surface area (TPSA) is 79.5 Å². The summed E-state index contributed by atoms with van der Waals surface area (Å²) in [5, 5.41) is 9.85. The molecule has 0 bridgehead atoms. The monoisotopic (exact) mass is 281 g/mol. The first-order valence-corrected chi connectivity index (χ1v) is 7.61. The van der Waals surface area contributed by atoms with Crippen LogP contribution in [-0.4, -0.2) is 26.3 Å². The number of furan rings is 1. The van der Waals surface area contributed by atoms with Gasteiger partial charge in [-0.1, -0.05) is 24.3 Å². The summed E-state index contributed by atoms with van der Waals surface area (Å²) in [5.41, 5.74) is 1.54. The molecule has 0 aliphatic carbocycles. The van der Waals surface area contributed by atoms with Gasteiger partial charge >= 0.3 is 0 Å². The second kappa shape index (κ2) is 5.56. The van der Waals surface area contributed by atoms with Crippen LogP contribution in [0.15, 0.2) is 47.1 Å². The fourth-order valence-electron chi connectivity index (χ4n) is 1.66. The van der Waals surface area contributed by atoms with Gasteiger partial charge in [0.15, 0.2) is 0 Å². The lowest BCUT2D eigenvalue weighted by Gasteiger charge is -2.11. The van der Waals surface area contributed by atoms with Crippen molar-refractivity contribution >= 4 is 10.0 Å². The maximum Gasteiger partial charge on any atom is 0.208 e. The van der Waals surface area contributed by atoms with E-state index in [1.54, 1.807) is 24.5 Å². The van der Waals surface area contributed by atoms with Crippen LogP contribution < -0.4 is 4.72 Å². The van der Waals surface area contributed by atoms with Crippen molar-refractivity contribution in [3.8, 4) is 11.3 Å².